The average Bonchev–Trinajstić information content (AvgIpc) is 2.47. The molecule has 0 bridgehead atoms. The Morgan fingerprint density at radius 1 is 1.38 bits per heavy atom. The summed E-state index contributed by atoms with van der Waals surface area (Å²) in [7, 11) is 0. The molecule has 0 aliphatic carbocycles. The van der Waals surface area contributed by atoms with Crippen molar-refractivity contribution in [3.8, 4) is 0 Å². The number of hydrogen-bond acceptors (Lipinski definition) is 1. The van der Waals surface area contributed by atoms with Crippen LogP contribution >= 0.6 is 0 Å². The Balaban J connectivity index is 2.66. The lowest BCUT2D eigenvalue weighted by Crippen LogP contribution is -2.04. The van der Waals surface area contributed by atoms with Crippen molar-refractivity contribution in [3.63, 3.8) is 0 Å². The van der Waals surface area contributed by atoms with Gasteiger partial charge in [-0.1, -0.05) is 6.07 Å². The monoisotopic (exact) mass is 174 g/mol. The second-order valence-electron chi connectivity index (χ2n) is 3.57. The van der Waals surface area contributed by atoms with Crippen LogP contribution in [-0.4, -0.2) is 4.98 Å². The van der Waals surface area contributed by atoms with E-state index >= 15 is 0 Å². The summed E-state index contributed by atoms with van der Waals surface area (Å²) in [6.45, 7) is 4.10. The highest BCUT2D eigenvalue weighted by molar-refractivity contribution is 5.83. The fourth-order valence-corrected chi connectivity index (χ4v) is 1.56. The minimum Gasteiger partial charge on any atom is -0.361 e. The summed E-state index contributed by atoms with van der Waals surface area (Å²) in [5.74, 6) is 0. The summed E-state index contributed by atoms with van der Waals surface area (Å²) in [5.41, 5.74) is 9.46. The molecule has 0 saturated carbocycles. The predicted molar refractivity (Wildman–Crippen MR) is 55.6 cm³/mol. The van der Waals surface area contributed by atoms with Crippen LogP contribution in [0.15, 0.2) is 24.4 Å². The first-order chi connectivity index (χ1) is 6.18. The van der Waals surface area contributed by atoms with Gasteiger partial charge in [0.05, 0.1) is 0 Å². The van der Waals surface area contributed by atoms with E-state index in [0.29, 0.717) is 0 Å². The number of nitrogens with two attached hydrogens (primary N) is 1. The minimum atomic E-state index is 0.110. The van der Waals surface area contributed by atoms with Gasteiger partial charge < -0.3 is 10.7 Å². The molecule has 0 saturated heterocycles. The maximum absolute atomic E-state index is 5.81. The van der Waals surface area contributed by atoms with Gasteiger partial charge in [0.2, 0.25) is 0 Å². The number of nitrogens with one attached hydrogen (secondary N) is 1. The zero-order valence-corrected chi connectivity index (χ0v) is 7.96. The van der Waals surface area contributed by atoms with E-state index in [0.717, 1.165) is 0 Å². The summed E-state index contributed by atoms with van der Waals surface area (Å²) >= 11 is 0. The van der Waals surface area contributed by atoms with Gasteiger partial charge in [0, 0.05) is 23.1 Å². The van der Waals surface area contributed by atoms with E-state index < -0.39 is 0 Å². The van der Waals surface area contributed by atoms with Crippen molar-refractivity contribution >= 4 is 10.9 Å². The zero-order chi connectivity index (χ0) is 9.42. The first kappa shape index (κ1) is 8.32. The molecule has 2 rings (SSSR count). The molecule has 1 aromatic carbocycles. The molecule has 0 spiro atoms. The molecule has 0 aliphatic rings. The van der Waals surface area contributed by atoms with Crippen LogP contribution in [0.4, 0.5) is 0 Å². The van der Waals surface area contributed by atoms with Gasteiger partial charge in [0.25, 0.3) is 0 Å². The molecule has 0 radical (unpaired) electrons. The van der Waals surface area contributed by atoms with E-state index in [4.69, 9.17) is 5.73 Å². The third kappa shape index (κ3) is 1.33. The molecule has 1 unspecified atom stereocenters. The van der Waals surface area contributed by atoms with Crippen LogP contribution in [0.2, 0.25) is 0 Å². The molecule has 2 nitrogen and oxygen atoms in total. The van der Waals surface area contributed by atoms with Crippen molar-refractivity contribution in [2.24, 2.45) is 5.73 Å². The van der Waals surface area contributed by atoms with Crippen molar-refractivity contribution in [1.29, 1.82) is 0 Å². The van der Waals surface area contributed by atoms with Gasteiger partial charge in [-0.2, -0.15) is 0 Å². The third-order valence-electron chi connectivity index (χ3n) is 2.44. The smallest absolute Gasteiger partial charge is 0.0456 e. The SMILES string of the molecule is Cc1c[nH]c2ccc(C(C)N)cc12. The summed E-state index contributed by atoms with van der Waals surface area (Å²) < 4.78 is 0. The van der Waals surface area contributed by atoms with Crippen LogP contribution in [-0.2, 0) is 0 Å². The number of aromatic nitrogens is 1. The van der Waals surface area contributed by atoms with Gasteiger partial charge in [-0.3, -0.25) is 0 Å². The van der Waals surface area contributed by atoms with Crippen molar-refractivity contribution in [3.05, 3.63) is 35.5 Å². The fourth-order valence-electron chi connectivity index (χ4n) is 1.56. The highest BCUT2D eigenvalue weighted by Crippen LogP contribution is 2.21. The van der Waals surface area contributed by atoms with Crippen LogP contribution in [0.5, 0.6) is 0 Å². The highest BCUT2D eigenvalue weighted by atomic mass is 14.7. The van der Waals surface area contributed by atoms with Gasteiger partial charge in [-0.15, -0.1) is 0 Å². The Morgan fingerprint density at radius 3 is 2.85 bits per heavy atom. The summed E-state index contributed by atoms with van der Waals surface area (Å²) in [5, 5.41) is 1.27. The van der Waals surface area contributed by atoms with Crippen LogP contribution in [0.3, 0.4) is 0 Å². The van der Waals surface area contributed by atoms with Crippen molar-refractivity contribution < 1.29 is 0 Å². The topological polar surface area (TPSA) is 41.8 Å². The Morgan fingerprint density at radius 2 is 2.15 bits per heavy atom. The van der Waals surface area contributed by atoms with Crippen LogP contribution in [0.25, 0.3) is 10.9 Å². The molecule has 3 N–H and O–H groups in total. The van der Waals surface area contributed by atoms with Crippen LogP contribution in [0, 0.1) is 6.92 Å². The average molecular weight is 174 g/mol. The molecule has 13 heavy (non-hydrogen) atoms. The lowest BCUT2D eigenvalue weighted by molar-refractivity contribution is 0.820. The standard InChI is InChI=1S/C11H14N2/c1-7-6-13-11-4-3-9(8(2)12)5-10(7)11/h3-6,8,13H,12H2,1-2H3. The number of aromatic amines is 1. The van der Waals surface area contributed by atoms with E-state index in [-0.39, 0.29) is 6.04 Å². The van der Waals surface area contributed by atoms with Gasteiger partial charge >= 0.3 is 0 Å². The first-order valence-corrected chi connectivity index (χ1v) is 4.51. The van der Waals surface area contributed by atoms with Crippen molar-refractivity contribution in [1.82, 2.24) is 4.98 Å². The Bertz CT molecular complexity index is 427. The van der Waals surface area contributed by atoms with E-state index in [9.17, 15) is 0 Å². The molecule has 1 aromatic heterocycles. The van der Waals surface area contributed by atoms with E-state index in [1.165, 1.54) is 22.0 Å². The van der Waals surface area contributed by atoms with Gasteiger partial charge in [-0.25, -0.2) is 0 Å². The molecule has 2 heteroatoms. The molecule has 2 aromatic rings. The molecule has 0 aliphatic heterocycles. The summed E-state index contributed by atoms with van der Waals surface area (Å²) in [4.78, 5) is 3.21. The largest absolute Gasteiger partial charge is 0.361 e. The molecule has 0 fully saturated rings. The number of aryl methyl sites for hydroxylation is 1. The molecule has 68 valence electrons. The fraction of sp³-hybridized carbons (Fsp3) is 0.273. The Labute approximate surface area is 77.8 Å². The molecule has 1 heterocycles. The second-order valence-corrected chi connectivity index (χ2v) is 3.57. The van der Waals surface area contributed by atoms with Gasteiger partial charge in [0.15, 0.2) is 0 Å². The maximum atomic E-state index is 5.81. The second kappa shape index (κ2) is 2.89. The third-order valence-corrected chi connectivity index (χ3v) is 2.44. The first-order valence-electron chi connectivity index (χ1n) is 4.51. The number of fused-ring (bicyclic) bond motifs is 1. The van der Waals surface area contributed by atoms with E-state index in [1.54, 1.807) is 0 Å². The maximum Gasteiger partial charge on any atom is 0.0456 e. The van der Waals surface area contributed by atoms with Gasteiger partial charge in [0.1, 0.15) is 0 Å². The minimum absolute atomic E-state index is 0.110. The van der Waals surface area contributed by atoms with E-state index in [2.05, 4.69) is 30.1 Å². The molecule has 1 atom stereocenters. The quantitative estimate of drug-likeness (QED) is 0.685. The molecule has 0 amide bonds. The number of rotatable bonds is 1. The number of H-pyrrole nitrogens is 1. The normalized spacial score (nSPS) is 13.5. The lowest BCUT2D eigenvalue weighted by Gasteiger charge is -2.05. The summed E-state index contributed by atoms with van der Waals surface area (Å²) in [6.07, 6.45) is 2.02. The van der Waals surface area contributed by atoms with Crippen LogP contribution < -0.4 is 5.73 Å². The predicted octanol–water partition coefficient (Wildman–Crippen LogP) is 2.50. The Hall–Kier alpha value is -1.28. The summed E-state index contributed by atoms with van der Waals surface area (Å²) in [6, 6.07) is 6.43. The molecular formula is C11H14N2. The zero-order valence-electron chi connectivity index (χ0n) is 7.96. The highest BCUT2D eigenvalue weighted by Gasteiger charge is 2.03. The molecular weight excluding hydrogens is 160 g/mol. The van der Waals surface area contributed by atoms with Crippen LogP contribution in [0.1, 0.15) is 24.1 Å². The van der Waals surface area contributed by atoms with Gasteiger partial charge in [-0.05, 0) is 37.1 Å². The van der Waals surface area contributed by atoms with E-state index in [1.807, 2.05) is 13.1 Å². The Kier molecular flexibility index (Phi) is 1.85. The van der Waals surface area contributed by atoms with Crippen molar-refractivity contribution in [2.45, 2.75) is 19.9 Å². The number of benzene rings is 1. The number of hydrogen-bond donors (Lipinski definition) is 2. The lowest BCUT2D eigenvalue weighted by atomic mass is 10.1. The van der Waals surface area contributed by atoms with Crippen molar-refractivity contribution in [2.75, 3.05) is 0 Å².